The summed E-state index contributed by atoms with van der Waals surface area (Å²) >= 11 is 5.97. The van der Waals surface area contributed by atoms with E-state index in [4.69, 9.17) is 11.6 Å². The average molecular weight is 174 g/mol. The van der Waals surface area contributed by atoms with Crippen LogP contribution in [0.15, 0.2) is 12.2 Å². The van der Waals surface area contributed by atoms with E-state index in [1.165, 1.54) is 13.1 Å². The zero-order chi connectivity index (χ0) is 8.10. The first-order chi connectivity index (χ1) is 5.33. The van der Waals surface area contributed by atoms with Gasteiger partial charge in [0.25, 0.3) is 0 Å². The van der Waals surface area contributed by atoms with Gasteiger partial charge in [-0.3, -0.25) is 4.90 Å². The van der Waals surface area contributed by atoms with Crippen LogP contribution in [-0.2, 0) is 0 Å². The van der Waals surface area contributed by atoms with E-state index in [2.05, 4.69) is 24.0 Å². The lowest BCUT2D eigenvalue weighted by Crippen LogP contribution is -2.34. The Hall–Kier alpha value is -0.0100. The lowest BCUT2D eigenvalue weighted by Gasteiger charge is -2.27. The third kappa shape index (κ3) is 3.26. The van der Waals surface area contributed by atoms with Crippen LogP contribution in [0.3, 0.4) is 0 Å². The molecule has 0 bridgehead atoms. The van der Waals surface area contributed by atoms with Crippen LogP contribution >= 0.6 is 11.6 Å². The van der Waals surface area contributed by atoms with Crippen LogP contribution in [0.4, 0.5) is 0 Å². The summed E-state index contributed by atoms with van der Waals surface area (Å²) in [6.45, 7) is 5.49. The molecule has 0 atom stereocenters. The molecule has 0 radical (unpaired) electrons. The molecular weight excluding hydrogens is 158 g/mol. The minimum atomic E-state index is 0.428. The van der Waals surface area contributed by atoms with Crippen molar-refractivity contribution in [1.82, 2.24) is 4.90 Å². The quantitative estimate of drug-likeness (QED) is 0.458. The second kappa shape index (κ2) is 4.78. The Bertz CT molecular complexity index is 126. The number of rotatable bonds is 2. The van der Waals surface area contributed by atoms with Gasteiger partial charge in [-0.15, -0.1) is 11.6 Å². The Kier molecular flexibility index (Phi) is 3.95. The second-order valence-electron chi connectivity index (χ2n) is 3.04. The van der Waals surface area contributed by atoms with Gasteiger partial charge in [-0.2, -0.15) is 0 Å². The molecular formula is C9H16ClN. The second-order valence-corrected chi connectivity index (χ2v) is 3.66. The van der Waals surface area contributed by atoms with E-state index in [-0.39, 0.29) is 0 Å². The third-order valence-electron chi connectivity index (χ3n) is 2.12. The molecule has 0 aromatic carbocycles. The van der Waals surface area contributed by atoms with Gasteiger partial charge in [0, 0.05) is 11.9 Å². The van der Waals surface area contributed by atoms with E-state index in [0.29, 0.717) is 5.38 Å². The lowest BCUT2D eigenvalue weighted by molar-refractivity contribution is 0.254. The molecule has 2 heteroatoms. The van der Waals surface area contributed by atoms with Gasteiger partial charge in [-0.1, -0.05) is 12.2 Å². The Morgan fingerprint density at radius 2 is 2.09 bits per heavy atom. The monoisotopic (exact) mass is 173 g/mol. The number of hydrogen-bond donors (Lipinski definition) is 0. The van der Waals surface area contributed by atoms with E-state index >= 15 is 0 Å². The van der Waals surface area contributed by atoms with E-state index in [9.17, 15) is 0 Å². The topological polar surface area (TPSA) is 3.24 Å². The molecule has 0 N–H and O–H groups in total. The van der Waals surface area contributed by atoms with E-state index in [1.807, 2.05) is 0 Å². The fraction of sp³-hybridized carbons (Fsp3) is 0.778. The normalized spacial score (nSPS) is 23.1. The number of halogens is 1. The molecule has 1 rings (SSSR count). The van der Waals surface area contributed by atoms with Crippen molar-refractivity contribution < 1.29 is 0 Å². The highest BCUT2D eigenvalue weighted by Crippen LogP contribution is 2.14. The highest BCUT2D eigenvalue weighted by Gasteiger charge is 2.15. The number of nitrogens with zero attached hydrogens (tertiary/aromatic N) is 1. The van der Waals surface area contributed by atoms with Crippen molar-refractivity contribution in [2.45, 2.75) is 25.1 Å². The fourth-order valence-electron chi connectivity index (χ4n) is 1.34. The van der Waals surface area contributed by atoms with Crippen LogP contribution in [0.25, 0.3) is 0 Å². The first kappa shape index (κ1) is 9.08. The number of allylic oxidation sites excluding steroid dienone is 1. The molecule has 0 unspecified atom stereocenters. The van der Waals surface area contributed by atoms with E-state index in [0.717, 1.165) is 19.4 Å². The summed E-state index contributed by atoms with van der Waals surface area (Å²) in [5.41, 5.74) is 0. The summed E-state index contributed by atoms with van der Waals surface area (Å²) in [6.07, 6.45) is 6.61. The number of piperidine rings is 1. The van der Waals surface area contributed by atoms with Crippen LogP contribution in [0, 0.1) is 0 Å². The molecule has 0 saturated carbocycles. The zero-order valence-corrected chi connectivity index (χ0v) is 7.85. The first-order valence-corrected chi connectivity index (χ1v) is 4.74. The molecule has 1 saturated heterocycles. The summed E-state index contributed by atoms with van der Waals surface area (Å²) in [5.74, 6) is 0. The molecule has 1 aliphatic heterocycles. The maximum Gasteiger partial charge on any atom is 0.0360 e. The Balaban J connectivity index is 2.17. The summed E-state index contributed by atoms with van der Waals surface area (Å²) < 4.78 is 0. The molecule has 64 valence electrons. The molecule has 0 spiro atoms. The van der Waals surface area contributed by atoms with Gasteiger partial charge in [0.15, 0.2) is 0 Å². The summed E-state index contributed by atoms with van der Waals surface area (Å²) in [5, 5.41) is 0.428. The largest absolute Gasteiger partial charge is 0.300 e. The summed E-state index contributed by atoms with van der Waals surface area (Å²) in [6, 6.07) is 0. The maximum atomic E-state index is 5.97. The first-order valence-electron chi connectivity index (χ1n) is 4.30. The summed E-state index contributed by atoms with van der Waals surface area (Å²) in [7, 11) is 0. The van der Waals surface area contributed by atoms with Crippen molar-refractivity contribution in [3.8, 4) is 0 Å². The van der Waals surface area contributed by atoms with E-state index in [1.54, 1.807) is 0 Å². The van der Waals surface area contributed by atoms with Gasteiger partial charge < -0.3 is 0 Å². The third-order valence-corrected chi connectivity index (χ3v) is 2.55. The number of hydrogen-bond acceptors (Lipinski definition) is 1. The standard InChI is InChI=1S/C9H16ClN/c1-2-3-6-11-7-4-9(10)5-8-11/h2-3,9H,4-8H2,1H3/b3-2+. The van der Waals surface area contributed by atoms with Crippen LogP contribution in [0.2, 0.25) is 0 Å². The van der Waals surface area contributed by atoms with Crippen molar-refractivity contribution in [3.63, 3.8) is 0 Å². The molecule has 0 aromatic rings. The van der Waals surface area contributed by atoms with Crippen molar-refractivity contribution in [2.24, 2.45) is 0 Å². The molecule has 0 amide bonds. The number of alkyl halides is 1. The molecule has 1 nitrogen and oxygen atoms in total. The van der Waals surface area contributed by atoms with Gasteiger partial charge in [0.05, 0.1) is 0 Å². The predicted octanol–water partition coefficient (Wildman–Crippen LogP) is 2.27. The highest BCUT2D eigenvalue weighted by molar-refractivity contribution is 6.20. The highest BCUT2D eigenvalue weighted by atomic mass is 35.5. The van der Waals surface area contributed by atoms with Gasteiger partial charge >= 0.3 is 0 Å². The van der Waals surface area contributed by atoms with Crippen LogP contribution in [-0.4, -0.2) is 29.9 Å². The average Bonchev–Trinajstić information content (AvgIpc) is 2.04. The SMILES string of the molecule is C/C=C/CN1CCC(Cl)CC1. The fourth-order valence-corrected chi connectivity index (χ4v) is 1.53. The van der Waals surface area contributed by atoms with Gasteiger partial charge in [-0.05, 0) is 32.9 Å². The molecule has 11 heavy (non-hydrogen) atoms. The van der Waals surface area contributed by atoms with Crippen LogP contribution < -0.4 is 0 Å². The van der Waals surface area contributed by atoms with Crippen molar-refractivity contribution in [1.29, 1.82) is 0 Å². The Labute approximate surface area is 74.0 Å². The maximum absolute atomic E-state index is 5.97. The number of likely N-dealkylation sites (tertiary alicyclic amines) is 1. The molecule has 1 fully saturated rings. The molecule has 0 aromatic heterocycles. The Morgan fingerprint density at radius 1 is 1.45 bits per heavy atom. The predicted molar refractivity (Wildman–Crippen MR) is 50.1 cm³/mol. The van der Waals surface area contributed by atoms with Crippen LogP contribution in [0.5, 0.6) is 0 Å². The smallest absolute Gasteiger partial charge is 0.0360 e. The van der Waals surface area contributed by atoms with E-state index < -0.39 is 0 Å². The molecule has 0 aliphatic carbocycles. The molecule has 1 heterocycles. The minimum Gasteiger partial charge on any atom is -0.300 e. The van der Waals surface area contributed by atoms with Gasteiger partial charge in [-0.25, -0.2) is 0 Å². The minimum absolute atomic E-state index is 0.428. The summed E-state index contributed by atoms with van der Waals surface area (Å²) in [4.78, 5) is 2.44. The van der Waals surface area contributed by atoms with Crippen LogP contribution in [0.1, 0.15) is 19.8 Å². The lowest BCUT2D eigenvalue weighted by atomic mass is 10.1. The zero-order valence-electron chi connectivity index (χ0n) is 7.09. The Morgan fingerprint density at radius 3 is 2.64 bits per heavy atom. The molecule has 1 aliphatic rings. The van der Waals surface area contributed by atoms with Crippen molar-refractivity contribution >= 4 is 11.6 Å². The van der Waals surface area contributed by atoms with Gasteiger partial charge in [0.2, 0.25) is 0 Å². The van der Waals surface area contributed by atoms with Gasteiger partial charge in [0.1, 0.15) is 0 Å². The van der Waals surface area contributed by atoms with Crippen molar-refractivity contribution in [3.05, 3.63) is 12.2 Å². The van der Waals surface area contributed by atoms with Crippen molar-refractivity contribution in [2.75, 3.05) is 19.6 Å².